The van der Waals surface area contributed by atoms with Gasteiger partial charge in [0.2, 0.25) is 5.91 Å². The zero-order chi connectivity index (χ0) is 26.1. The van der Waals surface area contributed by atoms with Gasteiger partial charge in [-0.15, -0.1) is 5.92 Å². The second-order valence-electron chi connectivity index (χ2n) is 9.21. The monoisotopic (exact) mass is 523 g/mol. The molecule has 196 valence electrons. The maximum atomic E-state index is 12.4. The molecule has 0 heterocycles. The van der Waals surface area contributed by atoms with Crippen molar-refractivity contribution < 1.29 is 19.1 Å². The van der Waals surface area contributed by atoms with Crippen LogP contribution >= 0.6 is 21.6 Å². The fourth-order valence-corrected chi connectivity index (χ4v) is 5.18. The van der Waals surface area contributed by atoms with Crippen LogP contribution in [0, 0.1) is 11.8 Å². The van der Waals surface area contributed by atoms with Gasteiger partial charge in [-0.3, -0.25) is 9.59 Å². The molecule has 0 fully saturated rings. The summed E-state index contributed by atoms with van der Waals surface area (Å²) in [6.07, 6.45) is 1.71. The van der Waals surface area contributed by atoms with E-state index in [4.69, 9.17) is 9.47 Å². The van der Waals surface area contributed by atoms with Crippen LogP contribution in [0.5, 0.6) is 5.75 Å². The molecule has 1 aromatic rings. The van der Waals surface area contributed by atoms with Gasteiger partial charge in [-0.1, -0.05) is 54.3 Å². The Bertz CT molecular complexity index is 832. The quantitative estimate of drug-likeness (QED) is 0.194. The van der Waals surface area contributed by atoms with E-state index in [1.807, 2.05) is 52.7 Å². The van der Waals surface area contributed by atoms with Crippen molar-refractivity contribution in [2.75, 3.05) is 53.6 Å². The Morgan fingerprint density at radius 2 is 1.97 bits per heavy atom. The predicted molar refractivity (Wildman–Crippen MR) is 148 cm³/mol. The van der Waals surface area contributed by atoms with E-state index in [0.29, 0.717) is 37.6 Å². The Morgan fingerprint density at radius 3 is 2.66 bits per heavy atom. The van der Waals surface area contributed by atoms with Crippen molar-refractivity contribution in [3.8, 4) is 17.6 Å². The summed E-state index contributed by atoms with van der Waals surface area (Å²) in [7, 11) is 7.58. The fourth-order valence-electron chi connectivity index (χ4n) is 2.64. The van der Waals surface area contributed by atoms with Gasteiger partial charge in [-0.2, -0.15) is 0 Å². The first kappa shape index (κ1) is 31.2. The maximum absolute atomic E-state index is 12.4. The molecule has 1 atom stereocenters. The van der Waals surface area contributed by atoms with Crippen LogP contribution in [0.4, 0.5) is 0 Å². The molecule has 0 saturated carbocycles. The van der Waals surface area contributed by atoms with Crippen LogP contribution in [0.3, 0.4) is 0 Å². The Morgan fingerprint density at radius 1 is 1.20 bits per heavy atom. The van der Waals surface area contributed by atoms with Crippen molar-refractivity contribution in [1.29, 1.82) is 0 Å². The van der Waals surface area contributed by atoms with Crippen LogP contribution in [0.15, 0.2) is 24.3 Å². The summed E-state index contributed by atoms with van der Waals surface area (Å²) in [5, 5.41) is 5.86. The number of hydrogen-bond donors (Lipinski definition) is 2. The van der Waals surface area contributed by atoms with E-state index in [-0.39, 0.29) is 28.4 Å². The first-order valence-electron chi connectivity index (χ1n) is 11.8. The highest BCUT2D eigenvalue weighted by Gasteiger charge is 2.18. The maximum Gasteiger partial charge on any atom is 0.251 e. The number of hydrogen-bond acceptors (Lipinski definition) is 7. The SMILES string of the molecule is CC#CCNC(=O)COCCCC(COc1cccc(C(=O)NCCN(C)C)c1)SSC(C)(C)C. The molecule has 1 rings (SSSR count). The van der Waals surface area contributed by atoms with E-state index in [0.717, 1.165) is 19.4 Å². The predicted octanol–water partition coefficient (Wildman–Crippen LogP) is 3.84. The first-order valence-corrected chi connectivity index (χ1v) is 14.1. The molecule has 9 heteroatoms. The van der Waals surface area contributed by atoms with E-state index < -0.39 is 0 Å². The van der Waals surface area contributed by atoms with E-state index in [1.165, 1.54) is 0 Å². The second kappa shape index (κ2) is 17.6. The molecular formula is C26H41N3O4S2. The molecule has 0 aromatic heterocycles. The summed E-state index contributed by atoms with van der Waals surface area (Å²) in [6.45, 7) is 11.1. The number of likely N-dealkylation sites (N-methyl/N-ethyl adjacent to an activating group) is 1. The molecule has 0 aliphatic carbocycles. The molecule has 1 aromatic carbocycles. The van der Waals surface area contributed by atoms with E-state index in [9.17, 15) is 9.59 Å². The normalized spacial score (nSPS) is 12.0. The average Bonchev–Trinajstić information content (AvgIpc) is 2.79. The molecular weight excluding hydrogens is 482 g/mol. The standard InChI is InChI=1S/C26H41N3O4S2/c1-7-8-14-27-24(30)20-32-17-10-13-23(34-35-26(2,3)4)19-33-22-12-9-11-21(18-22)25(31)28-15-16-29(5)6/h9,11-12,18,23H,10,13-17,19-20H2,1-6H3,(H,27,30)(H,28,31). The molecule has 2 amide bonds. The molecule has 2 N–H and O–H groups in total. The first-order chi connectivity index (χ1) is 16.6. The van der Waals surface area contributed by atoms with E-state index in [2.05, 4.69) is 43.2 Å². The number of benzene rings is 1. The van der Waals surface area contributed by atoms with Gasteiger partial charge in [-0.05, 0) is 52.1 Å². The highest BCUT2D eigenvalue weighted by Crippen LogP contribution is 2.39. The van der Waals surface area contributed by atoms with Gasteiger partial charge in [0.05, 0.1) is 6.54 Å². The largest absolute Gasteiger partial charge is 0.492 e. The van der Waals surface area contributed by atoms with Crippen LogP contribution in [0.2, 0.25) is 0 Å². The zero-order valence-corrected chi connectivity index (χ0v) is 23.6. The van der Waals surface area contributed by atoms with Crippen LogP contribution in [-0.4, -0.2) is 80.3 Å². The number of ether oxygens (including phenoxy) is 2. The molecule has 0 saturated heterocycles. The summed E-state index contributed by atoms with van der Waals surface area (Å²) >= 11 is 0. The number of nitrogens with zero attached hydrogens (tertiary/aromatic N) is 1. The Kier molecular flexibility index (Phi) is 15.6. The lowest BCUT2D eigenvalue weighted by molar-refractivity contribution is -0.125. The van der Waals surface area contributed by atoms with Crippen molar-refractivity contribution in [2.24, 2.45) is 0 Å². The summed E-state index contributed by atoms with van der Waals surface area (Å²) < 4.78 is 11.7. The highest BCUT2D eigenvalue weighted by atomic mass is 33.1. The van der Waals surface area contributed by atoms with Crippen molar-refractivity contribution >= 4 is 33.4 Å². The van der Waals surface area contributed by atoms with Gasteiger partial charge in [0, 0.05) is 35.3 Å². The minimum absolute atomic E-state index is 0.0415. The lowest BCUT2D eigenvalue weighted by atomic mass is 10.2. The zero-order valence-electron chi connectivity index (χ0n) is 21.9. The minimum atomic E-state index is -0.157. The van der Waals surface area contributed by atoms with Crippen LogP contribution in [0.25, 0.3) is 0 Å². The van der Waals surface area contributed by atoms with Gasteiger partial charge < -0.3 is 25.0 Å². The lowest BCUT2D eigenvalue weighted by Crippen LogP contribution is -2.31. The van der Waals surface area contributed by atoms with E-state index >= 15 is 0 Å². The van der Waals surface area contributed by atoms with Crippen molar-refractivity contribution in [3.05, 3.63) is 29.8 Å². The number of nitrogens with one attached hydrogen (secondary N) is 2. The number of carbonyl (C=O) groups is 2. The Balaban J connectivity index is 2.53. The van der Waals surface area contributed by atoms with Gasteiger partial charge in [0.25, 0.3) is 5.91 Å². The molecule has 1 unspecified atom stereocenters. The number of amides is 2. The molecule has 7 nitrogen and oxygen atoms in total. The molecule has 0 aliphatic heterocycles. The Hall–Kier alpha value is -1.86. The smallest absolute Gasteiger partial charge is 0.251 e. The molecule has 35 heavy (non-hydrogen) atoms. The fraction of sp³-hybridized carbons (Fsp3) is 0.615. The second-order valence-corrected chi connectivity index (χ2v) is 12.5. The summed E-state index contributed by atoms with van der Waals surface area (Å²) in [5.41, 5.74) is 0.589. The number of rotatable bonds is 16. The van der Waals surface area contributed by atoms with Crippen LogP contribution in [0.1, 0.15) is 50.9 Å². The van der Waals surface area contributed by atoms with Gasteiger partial charge >= 0.3 is 0 Å². The summed E-state index contributed by atoms with van der Waals surface area (Å²) in [4.78, 5) is 26.1. The van der Waals surface area contributed by atoms with Crippen molar-refractivity contribution in [1.82, 2.24) is 15.5 Å². The van der Waals surface area contributed by atoms with Crippen LogP contribution < -0.4 is 15.4 Å². The van der Waals surface area contributed by atoms with Crippen molar-refractivity contribution in [2.45, 2.75) is 50.5 Å². The summed E-state index contributed by atoms with van der Waals surface area (Å²) in [6, 6.07) is 7.29. The number of carbonyl (C=O) groups excluding carboxylic acids is 2. The van der Waals surface area contributed by atoms with Crippen LogP contribution in [-0.2, 0) is 9.53 Å². The highest BCUT2D eigenvalue weighted by molar-refractivity contribution is 8.77. The van der Waals surface area contributed by atoms with Gasteiger partial charge in [0.15, 0.2) is 0 Å². The average molecular weight is 524 g/mol. The third-order valence-corrected chi connectivity index (χ3v) is 8.25. The molecule has 0 bridgehead atoms. The van der Waals surface area contributed by atoms with Crippen molar-refractivity contribution in [3.63, 3.8) is 0 Å². The van der Waals surface area contributed by atoms with E-state index in [1.54, 1.807) is 19.1 Å². The third kappa shape index (κ3) is 16.4. The van der Waals surface area contributed by atoms with Gasteiger partial charge in [-0.25, -0.2) is 0 Å². The minimum Gasteiger partial charge on any atom is -0.492 e. The topological polar surface area (TPSA) is 79.9 Å². The lowest BCUT2D eigenvalue weighted by Gasteiger charge is -2.22. The molecule has 0 spiro atoms. The summed E-state index contributed by atoms with van der Waals surface area (Å²) in [5.74, 6) is 5.95. The van der Waals surface area contributed by atoms with Gasteiger partial charge in [0.1, 0.15) is 19.0 Å². The Labute approximate surface area is 219 Å². The molecule has 0 radical (unpaired) electrons. The molecule has 0 aliphatic rings. The third-order valence-electron chi connectivity index (χ3n) is 4.41.